The molecule has 0 aromatic carbocycles. The van der Waals surface area contributed by atoms with E-state index < -0.39 is 84.7 Å². The standard InChI is InChI=1S/C34H59N11O9/c1-19(2)14-22(43-32(52)24-9-6-12-44(24)27(47)16-35)30(50)39-17-26(46)41-23(15-20(3)4)31(51)42-21(8-5-11-38-34(36)37)29(49)40-18-28(48)45-13-7-10-25(45)33(53)54/h19-25H,5-18,35H2,1-4H3,(H,39,50)(H,40,49)(H,41,46)(H,42,51)(H,43,52)(H,53,54)(H4,36,37,38)/t21-,22-,23-,24-,25-/m0/s1. The van der Waals surface area contributed by atoms with Gasteiger partial charge in [-0.1, -0.05) is 27.7 Å². The van der Waals surface area contributed by atoms with Gasteiger partial charge < -0.3 is 58.3 Å². The fourth-order valence-electron chi connectivity index (χ4n) is 6.44. The molecule has 0 saturated carbocycles. The highest BCUT2D eigenvalue weighted by atomic mass is 16.4. The number of carbonyl (C=O) groups excluding carboxylic acids is 7. The zero-order valence-electron chi connectivity index (χ0n) is 31.7. The molecule has 0 bridgehead atoms. The Bertz CT molecular complexity index is 1380. The molecule has 12 N–H and O–H groups in total. The molecule has 2 rings (SSSR count). The van der Waals surface area contributed by atoms with Gasteiger partial charge in [-0.25, -0.2) is 4.79 Å². The Kier molecular flexibility index (Phi) is 18.6. The lowest BCUT2D eigenvalue weighted by Crippen LogP contribution is -2.57. The third-order valence-corrected chi connectivity index (χ3v) is 9.06. The van der Waals surface area contributed by atoms with Gasteiger partial charge in [0.1, 0.15) is 30.2 Å². The minimum atomic E-state index is -1.17. The molecule has 54 heavy (non-hydrogen) atoms. The predicted molar refractivity (Wildman–Crippen MR) is 196 cm³/mol. The third-order valence-electron chi connectivity index (χ3n) is 9.06. The van der Waals surface area contributed by atoms with E-state index in [0.29, 0.717) is 32.2 Å². The monoisotopic (exact) mass is 765 g/mol. The number of hydrogen-bond acceptors (Lipinski definition) is 10. The second-order valence-corrected chi connectivity index (χ2v) is 14.5. The van der Waals surface area contributed by atoms with Crippen molar-refractivity contribution in [3.63, 3.8) is 0 Å². The van der Waals surface area contributed by atoms with Crippen LogP contribution in [0.2, 0.25) is 0 Å². The van der Waals surface area contributed by atoms with Crippen molar-refractivity contribution in [1.82, 2.24) is 41.7 Å². The molecule has 5 atom stereocenters. The average Bonchev–Trinajstić information content (AvgIpc) is 3.80. The van der Waals surface area contributed by atoms with Crippen molar-refractivity contribution in [3.8, 4) is 0 Å². The van der Waals surface area contributed by atoms with E-state index in [2.05, 4.69) is 31.9 Å². The van der Waals surface area contributed by atoms with Gasteiger partial charge in [0, 0.05) is 19.6 Å². The summed E-state index contributed by atoms with van der Waals surface area (Å²) in [6.45, 7) is 6.95. The van der Waals surface area contributed by atoms with Crippen LogP contribution >= 0.6 is 0 Å². The number of nitrogens with one attached hydrogen (secondary N) is 7. The van der Waals surface area contributed by atoms with Gasteiger partial charge in [-0.3, -0.25) is 39.0 Å². The Labute approximate surface area is 315 Å². The molecule has 0 unspecified atom stereocenters. The van der Waals surface area contributed by atoms with E-state index in [9.17, 15) is 43.5 Å². The predicted octanol–water partition coefficient (Wildman–Crippen LogP) is -2.95. The van der Waals surface area contributed by atoms with Gasteiger partial charge in [-0.2, -0.15) is 0 Å². The van der Waals surface area contributed by atoms with Crippen LogP contribution in [0.1, 0.15) is 79.1 Å². The third kappa shape index (κ3) is 14.8. The number of amides is 7. The SMILES string of the molecule is CC(C)C[C@H](NC(=O)CNC(=O)[C@H](CC(C)C)NC(=O)[C@@H]1CCCN1C(=O)CN)C(=O)N[C@@H](CCCNC(=N)N)C(=O)NCC(=O)N1CCC[C@H]1C(=O)O. The van der Waals surface area contributed by atoms with Crippen LogP contribution in [0.15, 0.2) is 0 Å². The highest BCUT2D eigenvalue weighted by molar-refractivity contribution is 5.96. The van der Waals surface area contributed by atoms with Gasteiger partial charge in [-0.05, 0) is 63.2 Å². The fraction of sp³-hybridized carbons (Fsp3) is 0.735. The van der Waals surface area contributed by atoms with E-state index in [4.69, 9.17) is 16.9 Å². The summed E-state index contributed by atoms with van der Waals surface area (Å²) in [5.41, 5.74) is 10.8. The van der Waals surface area contributed by atoms with Crippen molar-refractivity contribution < 1.29 is 43.5 Å². The minimum Gasteiger partial charge on any atom is -0.480 e. The summed E-state index contributed by atoms with van der Waals surface area (Å²) in [7, 11) is 0. The topological polar surface area (TPSA) is 311 Å². The van der Waals surface area contributed by atoms with Gasteiger partial charge in [0.25, 0.3) is 0 Å². The Morgan fingerprint density at radius 2 is 1.26 bits per heavy atom. The lowest BCUT2D eigenvalue weighted by atomic mass is 10.0. The molecule has 304 valence electrons. The van der Waals surface area contributed by atoms with Crippen LogP contribution in [0.3, 0.4) is 0 Å². The van der Waals surface area contributed by atoms with Crippen LogP contribution in [-0.2, 0) is 38.4 Å². The summed E-state index contributed by atoms with van der Waals surface area (Å²) in [6.07, 6.45) is 2.62. The molecule has 20 nitrogen and oxygen atoms in total. The van der Waals surface area contributed by atoms with E-state index in [0.717, 1.165) is 0 Å². The van der Waals surface area contributed by atoms with Crippen molar-refractivity contribution in [2.75, 3.05) is 39.3 Å². The van der Waals surface area contributed by atoms with Gasteiger partial charge >= 0.3 is 5.97 Å². The number of carboxylic acid groups (broad SMARTS) is 1. The van der Waals surface area contributed by atoms with E-state index in [1.807, 2.05) is 27.7 Å². The lowest BCUT2D eigenvalue weighted by molar-refractivity contribution is -0.148. The van der Waals surface area contributed by atoms with Crippen molar-refractivity contribution >= 4 is 53.3 Å². The number of rotatable bonds is 21. The highest BCUT2D eigenvalue weighted by Crippen LogP contribution is 2.19. The molecule has 0 aliphatic carbocycles. The van der Waals surface area contributed by atoms with Gasteiger partial charge in [0.15, 0.2) is 5.96 Å². The minimum absolute atomic E-state index is 0.0114. The first kappa shape index (κ1) is 45.1. The van der Waals surface area contributed by atoms with Crippen LogP contribution in [0.5, 0.6) is 0 Å². The van der Waals surface area contributed by atoms with Crippen LogP contribution < -0.4 is 43.4 Å². The number of likely N-dealkylation sites (tertiary alicyclic amines) is 2. The maximum atomic E-state index is 13.6. The molecule has 2 saturated heterocycles. The van der Waals surface area contributed by atoms with Crippen molar-refractivity contribution in [1.29, 1.82) is 5.41 Å². The Morgan fingerprint density at radius 1 is 0.722 bits per heavy atom. The fourth-order valence-corrected chi connectivity index (χ4v) is 6.44. The number of nitrogens with two attached hydrogens (primary N) is 2. The number of hydrogen-bond donors (Lipinski definition) is 10. The molecule has 2 heterocycles. The zero-order valence-corrected chi connectivity index (χ0v) is 31.7. The number of aliphatic carboxylic acids is 1. The molecule has 2 aliphatic heterocycles. The molecule has 20 heteroatoms. The molecule has 0 aromatic rings. The molecule has 0 aromatic heterocycles. The van der Waals surface area contributed by atoms with Crippen molar-refractivity contribution in [3.05, 3.63) is 0 Å². The molecule has 0 spiro atoms. The summed E-state index contributed by atoms with van der Waals surface area (Å²) in [6, 6.07) is -5.03. The van der Waals surface area contributed by atoms with Gasteiger partial charge in [0.2, 0.25) is 41.4 Å². The average molecular weight is 766 g/mol. The zero-order chi connectivity index (χ0) is 40.5. The maximum Gasteiger partial charge on any atom is 0.326 e. The Hall–Kier alpha value is -5.01. The van der Waals surface area contributed by atoms with Crippen LogP contribution in [0.4, 0.5) is 0 Å². The van der Waals surface area contributed by atoms with E-state index in [-0.39, 0.29) is 69.0 Å². The number of carbonyl (C=O) groups is 8. The summed E-state index contributed by atoms with van der Waals surface area (Å²) in [5.74, 6) is -5.69. The maximum absolute atomic E-state index is 13.6. The number of guanidine groups is 1. The smallest absolute Gasteiger partial charge is 0.326 e. The van der Waals surface area contributed by atoms with Crippen LogP contribution in [-0.4, -0.2) is 138 Å². The van der Waals surface area contributed by atoms with E-state index >= 15 is 0 Å². The molecule has 7 amide bonds. The first-order valence-corrected chi connectivity index (χ1v) is 18.5. The van der Waals surface area contributed by atoms with Gasteiger partial charge in [0.05, 0.1) is 19.6 Å². The number of carboxylic acids is 1. The van der Waals surface area contributed by atoms with Crippen LogP contribution in [0.25, 0.3) is 0 Å². The summed E-state index contributed by atoms with van der Waals surface area (Å²) in [4.78, 5) is 105. The number of nitrogens with zero attached hydrogens (tertiary/aromatic N) is 2. The second kappa shape index (κ2) is 22.3. The molecular weight excluding hydrogens is 706 g/mol. The van der Waals surface area contributed by atoms with Crippen LogP contribution in [0, 0.1) is 17.2 Å². The highest BCUT2D eigenvalue weighted by Gasteiger charge is 2.36. The van der Waals surface area contributed by atoms with Gasteiger partial charge in [-0.15, -0.1) is 0 Å². The van der Waals surface area contributed by atoms with E-state index in [1.54, 1.807) is 0 Å². The summed E-state index contributed by atoms with van der Waals surface area (Å²) in [5, 5.41) is 32.3. The lowest BCUT2D eigenvalue weighted by Gasteiger charge is -2.27. The Balaban J connectivity index is 2.08. The Morgan fingerprint density at radius 3 is 1.81 bits per heavy atom. The molecule has 2 aliphatic rings. The molecular formula is C34H59N11O9. The summed E-state index contributed by atoms with van der Waals surface area (Å²) < 4.78 is 0. The summed E-state index contributed by atoms with van der Waals surface area (Å²) >= 11 is 0. The largest absolute Gasteiger partial charge is 0.480 e. The molecule has 2 fully saturated rings. The quantitative estimate of drug-likeness (QED) is 0.0319. The van der Waals surface area contributed by atoms with E-state index in [1.165, 1.54) is 9.80 Å². The van der Waals surface area contributed by atoms with Crippen molar-refractivity contribution in [2.24, 2.45) is 23.3 Å². The first-order chi connectivity index (χ1) is 25.4. The molecule has 0 radical (unpaired) electrons. The second-order valence-electron chi connectivity index (χ2n) is 14.5. The van der Waals surface area contributed by atoms with Crippen molar-refractivity contribution in [2.45, 2.75) is 109 Å². The normalized spacial score (nSPS) is 18.4. The first-order valence-electron chi connectivity index (χ1n) is 18.5.